The molecule has 0 saturated heterocycles. The Morgan fingerprint density at radius 2 is 1.80 bits per heavy atom. The van der Waals surface area contributed by atoms with E-state index in [9.17, 15) is 5.11 Å². The second kappa shape index (κ2) is 5.10. The van der Waals surface area contributed by atoms with E-state index in [0.29, 0.717) is 18.0 Å². The standard InChI is InChI=1S/C16H17Cl2NO/c17-14-6-2-1-5-13(14)11-16(20,15(18)7-8-15)12-19-9-3-4-10-19/h1-6,9-10,20H,7-8,11-12H2. The highest BCUT2D eigenvalue weighted by molar-refractivity contribution is 6.31. The Hall–Kier alpha value is -0.960. The summed E-state index contributed by atoms with van der Waals surface area (Å²) in [5.74, 6) is 0. The van der Waals surface area contributed by atoms with Gasteiger partial charge in [-0.1, -0.05) is 29.8 Å². The van der Waals surface area contributed by atoms with Crippen LogP contribution in [0.2, 0.25) is 5.02 Å². The van der Waals surface area contributed by atoms with Crippen molar-refractivity contribution in [1.29, 1.82) is 0 Å². The van der Waals surface area contributed by atoms with Gasteiger partial charge >= 0.3 is 0 Å². The first kappa shape index (κ1) is 14.0. The van der Waals surface area contributed by atoms with Crippen molar-refractivity contribution in [1.82, 2.24) is 4.57 Å². The monoisotopic (exact) mass is 309 g/mol. The predicted octanol–water partition coefficient (Wildman–Crippen LogP) is 3.89. The van der Waals surface area contributed by atoms with Gasteiger partial charge in [-0.15, -0.1) is 11.6 Å². The number of benzene rings is 1. The van der Waals surface area contributed by atoms with Crippen molar-refractivity contribution >= 4 is 23.2 Å². The molecular weight excluding hydrogens is 293 g/mol. The normalized spacial score (nSPS) is 19.6. The summed E-state index contributed by atoms with van der Waals surface area (Å²) in [7, 11) is 0. The third-order valence-corrected chi connectivity index (χ3v) is 5.17. The minimum Gasteiger partial charge on any atom is -0.386 e. The van der Waals surface area contributed by atoms with Crippen LogP contribution in [-0.4, -0.2) is 20.1 Å². The second-order valence-electron chi connectivity index (χ2n) is 5.62. The summed E-state index contributed by atoms with van der Waals surface area (Å²) < 4.78 is 1.97. The first-order valence-electron chi connectivity index (χ1n) is 6.78. The topological polar surface area (TPSA) is 25.2 Å². The minimum atomic E-state index is -0.988. The number of hydrogen-bond donors (Lipinski definition) is 1. The fourth-order valence-electron chi connectivity index (χ4n) is 2.67. The zero-order chi connectivity index (χ0) is 14.2. The second-order valence-corrected chi connectivity index (χ2v) is 6.75. The Morgan fingerprint density at radius 3 is 2.40 bits per heavy atom. The lowest BCUT2D eigenvalue weighted by Crippen LogP contribution is -2.46. The highest BCUT2D eigenvalue weighted by Crippen LogP contribution is 2.53. The van der Waals surface area contributed by atoms with Gasteiger partial charge in [0.15, 0.2) is 0 Å². The summed E-state index contributed by atoms with van der Waals surface area (Å²) in [5.41, 5.74) is -0.0470. The van der Waals surface area contributed by atoms with Crippen LogP contribution >= 0.6 is 23.2 Å². The molecule has 1 atom stereocenters. The molecule has 1 aromatic carbocycles. The number of aliphatic hydroxyl groups is 1. The molecule has 1 aliphatic carbocycles. The van der Waals surface area contributed by atoms with Gasteiger partial charge in [-0.3, -0.25) is 0 Å². The van der Waals surface area contributed by atoms with Gasteiger partial charge in [0.2, 0.25) is 0 Å². The smallest absolute Gasteiger partial charge is 0.106 e. The molecule has 0 aliphatic heterocycles. The molecule has 1 saturated carbocycles. The molecule has 4 heteroatoms. The molecule has 1 heterocycles. The quantitative estimate of drug-likeness (QED) is 0.833. The Labute approximate surface area is 128 Å². The van der Waals surface area contributed by atoms with Crippen molar-refractivity contribution < 1.29 is 5.11 Å². The zero-order valence-corrected chi connectivity index (χ0v) is 12.6. The van der Waals surface area contributed by atoms with Crippen molar-refractivity contribution in [3.8, 4) is 0 Å². The van der Waals surface area contributed by atoms with Gasteiger partial charge in [-0.2, -0.15) is 0 Å². The lowest BCUT2D eigenvalue weighted by atomic mass is 9.89. The van der Waals surface area contributed by atoms with Gasteiger partial charge in [0.1, 0.15) is 5.60 Å². The molecule has 2 aromatic rings. The van der Waals surface area contributed by atoms with Crippen molar-refractivity contribution in [3.05, 3.63) is 59.4 Å². The van der Waals surface area contributed by atoms with E-state index in [1.54, 1.807) is 0 Å². The molecule has 3 rings (SSSR count). The summed E-state index contributed by atoms with van der Waals surface area (Å²) in [5, 5.41) is 11.8. The summed E-state index contributed by atoms with van der Waals surface area (Å²) in [6, 6.07) is 11.5. The molecule has 2 nitrogen and oxygen atoms in total. The van der Waals surface area contributed by atoms with Gasteiger partial charge in [-0.25, -0.2) is 0 Å². The first-order chi connectivity index (χ1) is 9.52. The van der Waals surface area contributed by atoms with E-state index >= 15 is 0 Å². The van der Waals surface area contributed by atoms with Crippen LogP contribution in [0.5, 0.6) is 0 Å². The van der Waals surface area contributed by atoms with Gasteiger partial charge in [0.25, 0.3) is 0 Å². The van der Waals surface area contributed by atoms with Gasteiger partial charge in [0.05, 0.1) is 11.4 Å². The lowest BCUT2D eigenvalue weighted by molar-refractivity contribution is 0.0110. The predicted molar refractivity (Wildman–Crippen MR) is 82.4 cm³/mol. The number of hydrogen-bond acceptors (Lipinski definition) is 1. The summed E-state index contributed by atoms with van der Waals surface area (Å²) >= 11 is 12.8. The van der Waals surface area contributed by atoms with E-state index in [0.717, 1.165) is 18.4 Å². The van der Waals surface area contributed by atoms with E-state index in [-0.39, 0.29) is 0 Å². The van der Waals surface area contributed by atoms with Gasteiger partial charge in [-0.05, 0) is 36.6 Å². The molecule has 1 N–H and O–H groups in total. The maximum atomic E-state index is 11.1. The Bertz CT molecular complexity index is 592. The van der Waals surface area contributed by atoms with Crippen molar-refractivity contribution in [2.24, 2.45) is 0 Å². The third-order valence-electron chi connectivity index (χ3n) is 4.07. The maximum Gasteiger partial charge on any atom is 0.106 e. The SMILES string of the molecule is OC(Cc1ccccc1Cl)(Cn1cccc1)C1(Cl)CC1. The Balaban J connectivity index is 1.89. The van der Waals surface area contributed by atoms with Crippen LogP contribution in [-0.2, 0) is 13.0 Å². The number of aromatic nitrogens is 1. The highest BCUT2D eigenvalue weighted by Gasteiger charge is 2.57. The van der Waals surface area contributed by atoms with Crippen LogP contribution in [0.15, 0.2) is 48.8 Å². The molecule has 1 aromatic heterocycles. The Kier molecular flexibility index (Phi) is 3.57. The average Bonchev–Trinajstić information content (AvgIpc) is 2.98. The fraction of sp³-hybridized carbons (Fsp3) is 0.375. The first-order valence-corrected chi connectivity index (χ1v) is 7.54. The molecule has 0 spiro atoms. The van der Waals surface area contributed by atoms with Crippen LogP contribution in [0, 0.1) is 0 Å². The Morgan fingerprint density at radius 1 is 1.15 bits per heavy atom. The summed E-state index contributed by atoms with van der Waals surface area (Å²) in [4.78, 5) is -0.531. The van der Waals surface area contributed by atoms with E-state index < -0.39 is 10.5 Å². The van der Waals surface area contributed by atoms with E-state index in [1.165, 1.54) is 0 Å². The minimum absolute atomic E-state index is 0.467. The van der Waals surface area contributed by atoms with Crippen LogP contribution < -0.4 is 0 Å². The number of rotatable bonds is 5. The van der Waals surface area contributed by atoms with Gasteiger partial charge in [0, 0.05) is 23.8 Å². The molecule has 0 bridgehead atoms. The van der Waals surface area contributed by atoms with Gasteiger partial charge < -0.3 is 9.67 Å². The van der Waals surface area contributed by atoms with Crippen LogP contribution in [0.3, 0.4) is 0 Å². The number of alkyl halides is 1. The molecule has 106 valence electrons. The van der Waals surface area contributed by atoms with Crippen molar-refractivity contribution in [2.75, 3.05) is 0 Å². The molecule has 1 aliphatic rings. The lowest BCUT2D eigenvalue weighted by Gasteiger charge is -2.34. The molecule has 20 heavy (non-hydrogen) atoms. The summed E-state index contributed by atoms with van der Waals surface area (Å²) in [6.45, 7) is 0.481. The van der Waals surface area contributed by atoms with Crippen molar-refractivity contribution in [3.63, 3.8) is 0 Å². The van der Waals surface area contributed by atoms with E-state index in [4.69, 9.17) is 23.2 Å². The third kappa shape index (κ3) is 2.60. The largest absolute Gasteiger partial charge is 0.386 e. The van der Waals surface area contributed by atoms with Crippen molar-refractivity contribution in [2.45, 2.75) is 36.3 Å². The molecule has 1 fully saturated rings. The van der Waals surface area contributed by atoms with E-state index in [1.807, 2.05) is 53.4 Å². The average molecular weight is 310 g/mol. The molecule has 0 radical (unpaired) electrons. The van der Waals surface area contributed by atoms with E-state index in [2.05, 4.69) is 0 Å². The zero-order valence-electron chi connectivity index (χ0n) is 11.1. The molecule has 0 amide bonds. The van der Waals surface area contributed by atoms with Crippen LogP contribution in [0.1, 0.15) is 18.4 Å². The molecular formula is C16H17Cl2NO. The fourth-order valence-corrected chi connectivity index (χ4v) is 3.09. The van der Waals surface area contributed by atoms with Crippen LogP contribution in [0.4, 0.5) is 0 Å². The maximum absolute atomic E-state index is 11.1. The van der Waals surface area contributed by atoms with Crippen LogP contribution in [0.25, 0.3) is 0 Å². The highest BCUT2D eigenvalue weighted by atomic mass is 35.5. The number of halogens is 2. The summed E-state index contributed by atoms with van der Waals surface area (Å²) in [6.07, 6.45) is 6.04. The molecule has 1 unspecified atom stereocenters. The number of nitrogens with zero attached hydrogens (tertiary/aromatic N) is 1.